The standard InChI is InChI=1S/C14H17NO3/c1-8-6-12(18)14(7-11(8)17)4-5-15-9(2)13(14)10(3)16/h6,15H,4-5,7H2,1-3H3. The zero-order valence-electron chi connectivity index (χ0n) is 10.9. The molecule has 2 rings (SSSR count). The summed E-state index contributed by atoms with van der Waals surface area (Å²) in [6.07, 6.45) is 2.03. The number of hydrogen-bond acceptors (Lipinski definition) is 4. The molecule has 4 nitrogen and oxygen atoms in total. The van der Waals surface area contributed by atoms with Crippen molar-refractivity contribution in [2.75, 3.05) is 6.54 Å². The zero-order chi connectivity index (χ0) is 13.5. The molecule has 1 aliphatic heterocycles. The van der Waals surface area contributed by atoms with E-state index in [0.29, 0.717) is 24.1 Å². The number of nitrogens with one attached hydrogen (secondary N) is 1. The molecule has 0 aromatic heterocycles. The summed E-state index contributed by atoms with van der Waals surface area (Å²) in [6, 6.07) is 0. The first-order chi connectivity index (χ1) is 8.38. The number of ketones is 3. The number of Topliss-reactive ketones (excluding diaryl/α,β-unsaturated/α-hetero) is 2. The van der Waals surface area contributed by atoms with Gasteiger partial charge in [0.1, 0.15) is 0 Å². The highest BCUT2D eigenvalue weighted by atomic mass is 16.1. The van der Waals surface area contributed by atoms with Crippen LogP contribution in [-0.2, 0) is 14.4 Å². The van der Waals surface area contributed by atoms with Crippen LogP contribution in [0.1, 0.15) is 33.6 Å². The van der Waals surface area contributed by atoms with Crippen LogP contribution in [-0.4, -0.2) is 23.9 Å². The molecule has 1 N–H and O–H groups in total. The van der Waals surface area contributed by atoms with Crippen LogP contribution >= 0.6 is 0 Å². The number of carbonyl (C=O) groups is 3. The van der Waals surface area contributed by atoms with Crippen LogP contribution in [0, 0.1) is 5.41 Å². The third-order valence-corrected chi connectivity index (χ3v) is 3.87. The van der Waals surface area contributed by atoms with Crippen molar-refractivity contribution < 1.29 is 14.4 Å². The zero-order valence-corrected chi connectivity index (χ0v) is 10.9. The minimum atomic E-state index is -0.919. The molecule has 0 radical (unpaired) electrons. The highest BCUT2D eigenvalue weighted by Gasteiger charge is 2.48. The molecule has 0 saturated carbocycles. The molecule has 4 heteroatoms. The Morgan fingerprint density at radius 1 is 1.33 bits per heavy atom. The second-order valence-electron chi connectivity index (χ2n) is 5.11. The summed E-state index contributed by atoms with van der Waals surface area (Å²) in [5, 5.41) is 3.11. The van der Waals surface area contributed by atoms with Crippen LogP contribution in [0.25, 0.3) is 0 Å². The second-order valence-corrected chi connectivity index (χ2v) is 5.11. The Balaban J connectivity index is 2.60. The first-order valence-corrected chi connectivity index (χ1v) is 6.10. The van der Waals surface area contributed by atoms with Crippen molar-refractivity contribution >= 4 is 17.3 Å². The van der Waals surface area contributed by atoms with Crippen molar-refractivity contribution in [2.45, 2.75) is 33.6 Å². The maximum absolute atomic E-state index is 12.3. The second kappa shape index (κ2) is 4.19. The van der Waals surface area contributed by atoms with Gasteiger partial charge in [-0.15, -0.1) is 0 Å². The molecule has 1 unspecified atom stereocenters. The predicted molar refractivity (Wildman–Crippen MR) is 66.8 cm³/mol. The molecule has 96 valence electrons. The van der Waals surface area contributed by atoms with Crippen LogP contribution in [0.3, 0.4) is 0 Å². The summed E-state index contributed by atoms with van der Waals surface area (Å²) in [7, 11) is 0. The van der Waals surface area contributed by atoms with Gasteiger partial charge in [-0.25, -0.2) is 0 Å². The Morgan fingerprint density at radius 2 is 2.00 bits per heavy atom. The molecule has 0 aromatic carbocycles. The van der Waals surface area contributed by atoms with Gasteiger partial charge in [-0.1, -0.05) is 0 Å². The van der Waals surface area contributed by atoms with Crippen LogP contribution < -0.4 is 5.32 Å². The molecule has 1 spiro atoms. The van der Waals surface area contributed by atoms with Gasteiger partial charge >= 0.3 is 0 Å². The lowest BCUT2D eigenvalue weighted by molar-refractivity contribution is -0.131. The van der Waals surface area contributed by atoms with Crippen molar-refractivity contribution in [3.8, 4) is 0 Å². The van der Waals surface area contributed by atoms with Crippen molar-refractivity contribution in [1.29, 1.82) is 0 Å². The fourth-order valence-corrected chi connectivity index (χ4v) is 2.98. The van der Waals surface area contributed by atoms with E-state index in [9.17, 15) is 14.4 Å². The fraction of sp³-hybridized carbons (Fsp3) is 0.500. The van der Waals surface area contributed by atoms with E-state index >= 15 is 0 Å². The minimum absolute atomic E-state index is 0.0388. The molecular weight excluding hydrogens is 230 g/mol. The first-order valence-electron chi connectivity index (χ1n) is 6.10. The number of rotatable bonds is 1. The monoisotopic (exact) mass is 247 g/mol. The van der Waals surface area contributed by atoms with Crippen molar-refractivity contribution in [2.24, 2.45) is 5.41 Å². The van der Waals surface area contributed by atoms with E-state index in [2.05, 4.69) is 5.32 Å². The molecule has 0 bridgehead atoms. The Bertz CT molecular complexity index is 513. The first kappa shape index (κ1) is 12.7. The average Bonchev–Trinajstić information content (AvgIpc) is 2.26. The van der Waals surface area contributed by atoms with Crippen molar-refractivity contribution in [3.05, 3.63) is 22.9 Å². The SMILES string of the molecule is CC(=O)C1=C(C)NCCC12CC(=O)C(C)=CC2=O. The van der Waals surface area contributed by atoms with Crippen LogP contribution in [0.15, 0.2) is 22.9 Å². The third kappa shape index (κ3) is 1.72. The Labute approximate surface area is 106 Å². The van der Waals surface area contributed by atoms with Gasteiger partial charge in [0, 0.05) is 24.2 Å². The smallest absolute Gasteiger partial charge is 0.167 e. The quantitative estimate of drug-likeness (QED) is 0.759. The van der Waals surface area contributed by atoms with Gasteiger partial charge in [-0.05, 0) is 38.8 Å². The molecule has 0 amide bonds. The van der Waals surface area contributed by atoms with Crippen LogP contribution in [0.5, 0.6) is 0 Å². The summed E-state index contributed by atoms with van der Waals surface area (Å²) in [5.74, 6) is -0.275. The fourth-order valence-electron chi connectivity index (χ4n) is 2.98. The largest absolute Gasteiger partial charge is 0.388 e. The highest BCUT2D eigenvalue weighted by Crippen LogP contribution is 2.43. The normalized spacial score (nSPS) is 28.3. The summed E-state index contributed by atoms with van der Waals surface area (Å²) >= 11 is 0. The maximum Gasteiger partial charge on any atom is 0.167 e. The number of carbonyl (C=O) groups excluding carboxylic acids is 3. The lowest BCUT2D eigenvalue weighted by Gasteiger charge is -2.39. The van der Waals surface area contributed by atoms with E-state index in [-0.39, 0.29) is 23.8 Å². The highest BCUT2D eigenvalue weighted by molar-refractivity contribution is 6.16. The predicted octanol–water partition coefficient (Wildman–Crippen LogP) is 1.32. The molecule has 18 heavy (non-hydrogen) atoms. The minimum Gasteiger partial charge on any atom is -0.388 e. The van der Waals surface area contributed by atoms with Crippen molar-refractivity contribution in [3.63, 3.8) is 0 Å². The molecule has 0 aromatic rings. The van der Waals surface area contributed by atoms with Gasteiger partial charge in [-0.2, -0.15) is 0 Å². The van der Waals surface area contributed by atoms with Gasteiger partial charge in [-0.3, -0.25) is 14.4 Å². The van der Waals surface area contributed by atoms with E-state index in [4.69, 9.17) is 0 Å². The summed E-state index contributed by atoms with van der Waals surface area (Å²) in [4.78, 5) is 36.1. The lowest BCUT2D eigenvalue weighted by Crippen LogP contribution is -2.46. The van der Waals surface area contributed by atoms with E-state index < -0.39 is 5.41 Å². The Hall–Kier alpha value is -1.71. The van der Waals surface area contributed by atoms with E-state index in [1.54, 1.807) is 13.8 Å². The van der Waals surface area contributed by atoms with E-state index in [1.807, 2.05) is 0 Å². The molecule has 0 saturated heterocycles. The van der Waals surface area contributed by atoms with Gasteiger partial charge in [0.15, 0.2) is 17.3 Å². The van der Waals surface area contributed by atoms with Crippen LogP contribution in [0.4, 0.5) is 0 Å². The topological polar surface area (TPSA) is 63.2 Å². The summed E-state index contributed by atoms with van der Waals surface area (Å²) < 4.78 is 0. The van der Waals surface area contributed by atoms with Gasteiger partial charge < -0.3 is 5.32 Å². The lowest BCUT2D eigenvalue weighted by atomic mass is 9.64. The summed E-state index contributed by atoms with van der Waals surface area (Å²) in [5.41, 5.74) is 0.779. The third-order valence-electron chi connectivity index (χ3n) is 3.87. The number of hydrogen-bond donors (Lipinski definition) is 1. The average molecular weight is 247 g/mol. The van der Waals surface area contributed by atoms with Crippen molar-refractivity contribution in [1.82, 2.24) is 5.32 Å². The van der Waals surface area contributed by atoms with Gasteiger partial charge in [0.05, 0.1) is 5.41 Å². The molecule has 1 atom stereocenters. The van der Waals surface area contributed by atoms with E-state index in [0.717, 1.165) is 5.70 Å². The Morgan fingerprint density at radius 3 is 2.61 bits per heavy atom. The molecule has 2 aliphatic rings. The Kier molecular flexibility index (Phi) is 2.97. The summed E-state index contributed by atoms with van der Waals surface area (Å²) in [6.45, 7) is 5.52. The van der Waals surface area contributed by atoms with Gasteiger partial charge in [0.25, 0.3) is 0 Å². The number of allylic oxidation sites excluding steroid dienone is 4. The van der Waals surface area contributed by atoms with Crippen LogP contribution in [0.2, 0.25) is 0 Å². The molecular formula is C14H17NO3. The molecule has 1 aliphatic carbocycles. The van der Waals surface area contributed by atoms with Gasteiger partial charge in [0.2, 0.25) is 0 Å². The molecule has 0 fully saturated rings. The van der Waals surface area contributed by atoms with E-state index in [1.165, 1.54) is 13.0 Å². The molecule has 1 heterocycles. The maximum atomic E-state index is 12.3.